The van der Waals surface area contributed by atoms with E-state index in [4.69, 9.17) is 10.9 Å². The van der Waals surface area contributed by atoms with E-state index in [1.54, 1.807) is 0 Å². The number of nitrogens with two attached hydrogens (primary N) is 1. The lowest BCUT2D eigenvalue weighted by Gasteiger charge is -2.06. The first-order valence-electron chi connectivity index (χ1n) is 8.84. The maximum absolute atomic E-state index is 9.08. The number of aliphatic hydroxyl groups excluding tert-OH is 1. The molecule has 0 aliphatic rings. The third kappa shape index (κ3) is 4.70. The molecule has 0 unspecified atom stereocenters. The smallest absolute Gasteiger partial charge is 0.0902 e. The number of benzene rings is 2. The Balaban J connectivity index is 1.47. The first-order valence-corrected chi connectivity index (χ1v) is 8.84. The molecule has 0 saturated heterocycles. The molecule has 0 bridgehead atoms. The van der Waals surface area contributed by atoms with Crippen molar-refractivity contribution in [2.45, 2.75) is 38.7 Å². The average Bonchev–Trinajstić information content (AvgIpc) is 3.02. The molecule has 3 rings (SSSR count). The van der Waals surface area contributed by atoms with Gasteiger partial charge in [-0.3, -0.25) is 0 Å². The summed E-state index contributed by atoms with van der Waals surface area (Å²) in [6, 6.07) is 21.2. The Kier molecular flexibility index (Phi) is 5.86. The first-order chi connectivity index (χ1) is 12.3. The van der Waals surface area contributed by atoms with Gasteiger partial charge in [-0.1, -0.05) is 61.0 Å². The molecule has 0 atom stereocenters. The predicted molar refractivity (Wildman–Crippen MR) is 101 cm³/mol. The molecular formula is C21H25N3O. The molecule has 3 N–H and O–H groups in total. The Morgan fingerprint density at radius 2 is 1.60 bits per heavy atom. The van der Waals surface area contributed by atoms with Crippen LogP contribution in [-0.2, 0) is 19.4 Å². The number of rotatable bonds is 8. The van der Waals surface area contributed by atoms with Gasteiger partial charge in [0.15, 0.2) is 0 Å². The van der Waals surface area contributed by atoms with Crippen LogP contribution in [0.4, 0.5) is 0 Å². The highest BCUT2D eigenvalue weighted by Crippen LogP contribution is 2.21. The second-order valence-electron chi connectivity index (χ2n) is 6.36. The summed E-state index contributed by atoms with van der Waals surface area (Å²) >= 11 is 0. The van der Waals surface area contributed by atoms with Crippen molar-refractivity contribution >= 4 is 0 Å². The van der Waals surface area contributed by atoms with E-state index in [1.165, 1.54) is 21.5 Å². The zero-order valence-electron chi connectivity index (χ0n) is 14.4. The van der Waals surface area contributed by atoms with Crippen LogP contribution in [0.25, 0.3) is 11.1 Å². The van der Waals surface area contributed by atoms with Gasteiger partial charge < -0.3 is 10.9 Å². The van der Waals surface area contributed by atoms with E-state index in [0.717, 1.165) is 37.8 Å². The lowest BCUT2D eigenvalue weighted by atomic mass is 10.00. The fourth-order valence-corrected chi connectivity index (χ4v) is 3.10. The van der Waals surface area contributed by atoms with Gasteiger partial charge in [0.25, 0.3) is 0 Å². The van der Waals surface area contributed by atoms with Crippen LogP contribution < -0.4 is 5.84 Å². The largest absolute Gasteiger partial charge is 0.390 e. The minimum atomic E-state index is -0.0606. The second-order valence-corrected chi connectivity index (χ2v) is 6.36. The van der Waals surface area contributed by atoms with Gasteiger partial charge in [0.1, 0.15) is 0 Å². The summed E-state index contributed by atoms with van der Waals surface area (Å²) in [6.07, 6.45) is 5.36. The van der Waals surface area contributed by atoms with E-state index in [2.05, 4.69) is 53.6 Å². The van der Waals surface area contributed by atoms with Crippen LogP contribution in [-0.4, -0.2) is 15.0 Å². The zero-order chi connectivity index (χ0) is 17.5. The van der Waals surface area contributed by atoms with Crippen molar-refractivity contribution in [2.24, 2.45) is 0 Å². The van der Waals surface area contributed by atoms with Crippen molar-refractivity contribution in [3.8, 4) is 11.1 Å². The van der Waals surface area contributed by atoms with Gasteiger partial charge in [0.2, 0.25) is 0 Å². The van der Waals surface area contributed by atoms with E-state index < -0.39 is 0 Å². The summed E-state index contributed by atoms with van der Waals surface area (Å²) in [4.78, 5) is 1.38. The van der Waals surface area contributed by atoms with Gasteiger partial charge in [-0.05, 0) is 48.4 Å². The highest BCUT2D eigenvalue weighted by atomic mass is 16.3. The van der Waals surface area contributed by atoms with Crippen LogP contribution in [0.1, 0.15) is 36.2 Å². The summed E-state index contributed by atoms with van der Waals surface area (Å²) in [5, 5.41) is 13.1. The predicted octanol–water partition coefficient (Wildman–Crippen LogP) is 3.71. The molecule has 0 aliphatic heterocycles. The summed E-state index contributed by atoms with van der Waals surface area (Å²) in [5.74, 6) is 5.79. The van der Waals surface area contributed by atoms with Gasteiger partial charge in [-0.25, -0.2) is 0 Å². The van der Waals surface area contributed by atoms with Crippen LogP contribution in [0.2, 0.25) is 0 Å². The van der Waals surface area contributed by atoms with E-state index in [9.17, 15) is 0 Å². The molecule has 4 nitrogen and oxygen atoms in total. The molecule has 0 radical (unpaired) electrons. The normalized spacial score (nSPS) is 10.9. The minimum Gasteiger partial charge on any atom is -0.390 e. The van der Waals surface area contributed by atoms with Crippen molar-refractivity contribution in [1.82, 2.24) is 9.89 Å². The van der Waals surface area contributed by atoms with Crippen molar-refractivity contribution in [1.29, 1.82) is 0 Å². The molecule has 0 aliphatic carbocycles. The molecule has 0 saturated carbocycles. The van der Waals surface area contributed by atoms with Crippen LogP contribution in [0, 0.1) is 0 Å². The number of unbranched alkanes of at least 4 members (excludes halogenated alkanes) is 2. The van der Waals surface area contributed by atoms with Gasteiger partial charge in [-0.15, -0.1) is 0 Å². The monoisotopic (exact) mass is 335 g/mol. The molecule has 3 aromatic rings. The van der Waals surface area contributed by atoms with Crippen molar-refractivity contribution in [2.75, 3.05) is 5.84 Å². The number of aryl methyl sites for hydroxylation is 2. The molecule has 25 heavy (non-hydrogen) atoms. The van der Waals surface area contributed by atoms with Crippen LogP contribution in [0.15, 0.2) is 60.7 Å². The molecule has 0 spiro atoms. The Morgan fingerprint density at radius 1 is 0.840 bits per heavy atom. The molecule has 0 amide bonds. The van der Waals surface area contributed by atoms with Crippen LogP contribution >= 0.6 is 0 Å². The maximum Gasteiger partial charge on any atom is 0.0902 e. The summed E-state index contributed by atoms with van der Waals surface area (Å²) in [7, 11) is 0. The Labute approximate surface area is 148 Å². The third-order valence-corrected chi connectivity index (χ3v) is 4.46. The fraction of sp³-hybridized carbons (Fsp3) is 0.286. The highest BCUT2D eigenvalue weighted by molar-refractivity contribution is 5.63. The molecule has 0 fully saturated rings. The van der Waals surface area contributed by atoms with E-state index in [0.29, 0.717) is 5.69 Å². The lowest BCUT2D eigenvalue weighted by Crippen LogP contribution is -2.14. The van der Waals surface area contributed by atoms with Crippen LogP contribution in [0.3, 0.4) is 0 Å². The van der Waals surface area contributed by atoms with Crippen molar-refractivity contribution < 1.29 is 5.11 Å². The third-order valence-electron chi connectivity index (χ3n) is 4.46. The number of nitrogens with zero attached hydrogens (tertiary/aromatic N) is 2. The lowest BCUT2D eigenvalue weighted by molar-refractivity contribution is 0.276. The number of aromatic nitrogens is 2. The highest BCUT2D eigenvalue weighted by Gasteiger charge is 2.05. The second kappa shape index (κ2) is 8.49. The van der Waals surface area contributed by atoms with Gasteiger partial charge in [-0.2, -0.15) is 9.89 Å². The summed E-state index contributed by atoms with van der Waals surface area (Å²) in [6.45, 7) is -0.0606. The number of hydrogen-bond donors (Lipinski definition) is 2. The summed E-state index contributed by atoms with van der Waals surface area (Å²) < 4.78 is 0. The zero-order valence-corrected chi connectivity index (χ0v) is 14.4. The molecule has 1 aromatic heterocycles. The molecule has 2 aromatic carbocycles. The number of aliphatic hydroxyl groups is 1. The number of nitrogen functional groups attached to an aromatic ring is 1. The Hall–Kier alpha value is -2.59. The van der Waals surface area contributed by atoms with Gasteiger partial charge >= 0.3 is 0 Å². The first kappa shape index (κ1) is 17.2. The van der Waals surface area contributed by atoms with Crippen LogP contribution in [0.5, 0.6) is 0 Å². The SMILES string of the molecule is Nn1nc(CO)cc1CCCCCc1cccc(-c2ccccc2)c1. The van der Waals surface area contributed by atoms with E-state index >= 15 is 0 Å². The van der Waals surface area contributed by atoms with Gasteiger partial charge in [0.05, 0.1) is 18.0 Å². The molecular weight excluding hydrogens is 310 g/mol. The standard InChI is InChI=1S/C21H25N3O/c22-24-21(15-20(16-25)23-24)13-6-1-3-8-17-9-7-12-19(14-17)18-10-4-2-5-11-18/h2,4-5,7,9-12,14-15,25H,1,3,6,8,13,16,22H2. The molecule has 130 valence electrons. The summed E-state index contributed by atoms with van der Waals surface area (Å²) in [5.41, 5.74) is 5.54. The Morgan fingerprint density at radius 3 is 2.36 bits per heavy atom. The maximum atomic E-state index is 9.08. The van der Waals surface area contributed by atoms with Crippen molar-refractivity contribution in [3.05, 3.63) is 77.6 Å². The quantitative estimate of drug-likeness (QED) is 0.487. The molecule has 1 heterocycles. The topological polar surface area (TPSA) is 64.1 Å². The minimum absolute atomic E-state index is 0.0606. The number of hydrogen-bond acceptors (Lipinski definition) is 3. The van der Waals surface area contributed by atoms with Gasteiger partial charge in [0, 0.05) is 0 Å². The van der Waals surface area contributed by atoms with E-state index in [1.807, 2.05) is 12.1 Å². The fourth-order valence-electron chi connectivity index (χ4n) is 3.10. The van der Waals surface area contributed by atoms with Crippen molar-refractivity contribution in [3.63, 3.8) is 0 Å². The van der Waals surface area contributed by atoms with E-state index in [-0.39, 0.29) is 6.61 Å². The average molecular weight is 335 g/mol. The Bertz CT molecular complexity index is 796. The molecule has 4 heteroatoms.